The van der Waals surface area contributed by atoms with Crippen molar-refractivity contribution in [1.29, 1.82) is 0 Å². The third-order valence-electron chi connectivity index (χ3n) is 6.21. The third-order valence-corrected chi connectivity index (χ3v) is 6.85. The van der Waals surface area contributed by atoms with Crippen LogP contribution in [0.5, 0.6) is 0 Å². The largest absolute Gasteiger partial charge is 0.444 e. The van der Waals surface area contributed by atoms with Crippen molar-refractivity contribution >= 4 is 23.3 Å². The van der Waals surface area contributed by atoms with E-state index in [1.807, 2.05) is 64.0 Å². The number of rotatable bonds is 6. The van der Waals surface area contributed by atoms with Crippen molar-refractivity contribution in [1.82, 2.24) is 30.0 Å². The Bertz CT molecular complexity index is 1060. The maximum Gasteiger partial charge on any atom is 0.410 e. The van der Waals surface area contributed by atoms with Gasteiger partial charge in [-0.3, -0.25) is 4.90 Å². The first-order chi connectivity index (χ1) is 17.1. The highest BCUT2D eigenvalue weighted by atomic mass is 32.1. The van der Waals surface area contributed by atoms with Crippen LogP contribution in [-0.2, 0) is 20.8 Å². The molecule has 196 valence electrons. The topological polar surface area (TPSA) is 94.8 Å². The summed E-state index contributed by atoms with van der Waals surface area (Å²) in [7, 11) is 3.78. The second-order valence-corrected chi connectivity index (χ2v) is 10.9. The van der Waals surface area contributed by atoms with Gasteiger partial charge in [0.2, 0.25) is 0 Å². The van der Waals surface area contributed by atoms with Crippen molar-refractivity contribution in [3.63, 3.8) is 0 Å². The van der Waals surface area contributed by atoms with Gasteiger partial charge < -0.3 is 19.1 Å². The quantitative estimate of drug-likeness (QED) is 0.531. The zero-order chi connectivity index (χ0) is 25.9. The summed E-state index contributed by atoms with van der Waals surface area (Å²) in [4.78, 5) is 17.1. The van der Waals surface area contributed by atoms with E-state index < -0.39 is 5.60 Å². The smallest absolute Gasteiger partial charge is 0.410 e. The van der Waals surface area contributed by atoms with E-state index in [9.17, 15) is 4.79 Å². The number of carbonyl (C=O) groups excluding carboxylic acids is 1. The standard InChI is InChI=1S/C25H36N6O4S/c1-25(2,3)35-24(32)30-15-19(14-20(30)23(36)29(4)5)34-16-17-9-8-10-18(13-17)22-26-27-28-31(22)21-11-6-7-12-33-21/h8-10,13,19-21H,6-7,11-12,14-16H2,1-5H3/t19-,20+,21?/m1/s1. The van der Waals surface area contributed by atoms with Gasteiger partial charge in [-0.05, 0) is 62.1 Å². The van der Waals surface area contributed by atoms with E-state index in [2.05, 4.69) is 15.5 Å². The van der Waals surface area contributed by atoms with Crippen molar-refractivity contribution in [2.75, 3.05) is 27.2 Å². The zero-order valence-electron chi connectivity index (χ0n) is 21.7. The lowest BCUT2D eigenvalue weighted by atomic mass is 10.1. The average Bonchev–Trinajstić information content (AvgIpc) is 3.50. The summed E-state index contributed by atoms with van der Waals surface area (Å²) >= 11 is 5.62. The van der Waals surface area contributed by atoms with Crippen LogP contribution in [0.15, 0.2) is 24.3 Å². The molecule has 3 heterocycles. The highest BCUT2D eigenvalue weighted by molar-refractivity contribution is 7.80. The Morgan fingerprint density at radius 3 is 2.78 bits per heavy atom. The average molecular weight is 517 g/mol. The minimum absolute atomic E-state index is 0.140. The summed E-state index contributed by atoms with van der Waals surface area (Å²) in [5, 5.41) is 12.3. The van der Waals surface area contributed by atoms with E-state index in [0.29, 0.717) is 30.4 Å². The highest BCUT2D eigenvalue weighted by Crippen LogP contribution is 2.28. The summed E-state index contributed by atoms with van der Waals surface area (Å²) in [5.41, 5.74) is 1.32. The molecule has 2 aliphatic rings. The van der Waals surface area contributed by atoms with Gasteiger partial charge in [-0.1, -0.05) is 30.4 Å². The predicted octanol–water partition coefficient (Wildman–Crippen LogP) is 3.82. The van der Waals surface area contributed by atoms with Crippen LogP contribution in [0, 0.1) is 0 Å². The van der Waals surface area contributed by atoms with Crippen LogP contribution < -0.4 is 0 Å². The zero-order valence-corrected chi connectivity index (χ0v) is 22.5. The molecule has 0 aliphatic carbocycles. The molecule has 2 aromatic rings. The van der Waals surface area contributed by atoms with Crippen LogP contribution in [-0.4, -0.2) is 86.1 Å². The van der Waals surface area contributed by atoms with Gasteiger partial charge in [-0.15, -0.1) is 5.10 Å². The van der Waals surface area contributed by atoms with Gasteiger partial charge in [0.15, 0.2) is 12.1 Å². The second kappa shape index (κ2) is 11.2. The number of aromatic nitrogens is 4. The van der Waals surface area contributed by atoms with Crippen molar-refractivity contribution in [3.8, 4) is 11.4 Å². The predicted molar refractivity (Wildman–Crippen MR) is 138 cm³/mol. The number of thiocarbonyl (C=S) groups is 1. The summed E-state index contributed by atoms with van der Waals surface area (Å²) in [5.74, 6) is 0.678. The number of likely N-dealkylation sites (N-methyl/N-ethyl adjacent to an activating group) is 1. The summed E-state index contributed by atoms with van der Waals surface area (Å²) < 4.78 is 19.5. The molecular formula is C25H36N6O4S. The number of amides is 1. The van der Waals surface area contributed by atoms with Crippen LogP contribution in [0.3, 0.4) is 0 Å². The molecule has 2 saturated heterocycles. The fourth-order valence-corrected chi connectivity index (χ4v) is 4.70. The first kappa shape index (κ1) is 26.4. The summed E-state index contributed by atoms with van der Waals surface area (Å²) in [6.45, 7) is 7.11. The minimum Gasteiger partial charge on any atom is -0.444 e. The van der Waals surface area contributed by atoms with Crippen molar-refractivity contribution in [2.45, 2.75) is 77.0 Å². The first-order valence-corrected chi connectivity index (χ1v) is 12.8. The number of ether oxygens (including phenoxy) is 3. The molecule has 1 unspecified atom stereocenters. The Kier molecular flexibility index (Phi) is 8.21. The molecular weight excluding hydrogens is 480 g/mol. The molecule has 1 aromatic carbocycles. The number of tetrazole rings is 1. The number of carbonyl (C=O) groups is 1. The highest BCUT2D eigenvalue weighted by Gasteiger charge is 2.40. The molecule has 0 radical (unpaired) electrons. The maximum absolute atomic E-state index is 12.9. The van der Waals surface area contributed by atoms with Gasteiger partial charge in [0.1, 0.15) is 10.6 Å². The Balaban J connectivity index is 1.43. The number of nitrogens with zero attached hydrogens (tertiary/aromatic N) is 6. The lowest BCUT2D eigenvalue weighted by molar-refractivity contribution is -0.0394. The Labute approximate surface area is 217 Å². The van der Waals surface area contributed by atoms with Crippen LogP contribution in [0.1, 0.15) is 58.2 Å². The normalized spacial score (nSPS) is 22.5. The van der Waals surface area contributed by atoms with E-state index in [-0.39, 0.29) is 24.5 Å². The number of benzene rings is 1. The van der Waals surface area contributed by atoms with Crippen molar-refractivity contribution < 1.29 is 19.0 Å². The van der Waals surface area contributed by atoms with Crippen LogP contribution >= 0.6 is 12.2 Å². The van der Waals surface area contributed by atoms with E-state index >= 15 is 0 Å². The number of hydrogen-bond acceptors (Lipinski definition) is 8. The molecule has 4 rings (SSSR count). The fourth-order valence-electron chi connectivity index (χ4n) is 4.48. The maximum atomic E-state index is 12.9. The first-order valence-electron chi connectivity index (χ1n) is 12.4. The van der Waals surface area contributed by atoms with Gasteiger partial charge in [0, 0.05) is 32.7 Å². The van der Waals surface area contributed by atoms with E-state index in [4.69, 9.17) is 26.4 Å². The van der Waals surface area contributed by atoms with E-state index in [0.717, 1.165) is 37.0 Å². The Morgan fingerprint density at radius 1 is 1.28 bits per heavy atom. The molecule has 0 bridgehead atoms. The number of hydrogen-bond donors (Lipinski definition) is 0. The van der Waals surface area contributed by atoms with Gasteiger partial charge in [-0.25, -0.2) is 4.79 Å². The molecule has 1 aromatic heterocycles. The van der Waals surface area contributed by atoms with E-state index in [1.54, 1.807) is 9.58 Å². The molecule has 0 N–H and O–H groups in total. The minimum atomic E-state index is -0.584. The van der Waals surface area contributed by atoms with Crippen LogP contribution in [0.2, 0.25) is 0 Å². The van der Waals surface area contributed by atoms with Crippen molar-refractivity contribution in [2.24, 2.45) is 0 Å². The third kappa shape index (κ3) is 6.37. The summed E-state index contributed by atoms with van der Waals surface area (Å²) in [6, 6.07) is 7.76. The molecule has 0 saturated carbocycles. The van der Waals surface area contributed by atoms with Gasteiger partial charge in [-0.2, -0.15) is 4.68 Å². The molecule has 3 atom stereocenters. The molecule has 2 aliphatic heterocycles. The van der Waals surface area contributed by atoms with Gasteiger partial charge in [0.05, 0.1) is 25.3 Å². The monoisotopic (exact) mass is 516 g/mol. The van der Waals surface area contributed by atoms with Crippen molar-refractivity contribution in [3.05, 3.63) is 29.8 Å². The lowest BCUT2D eigenvalue weighted by Gasteiger charge is -2.30. The molecule has 11 heteroatoms. The molecule has 36 heavy (non-hydrogen) atoms. The second-order valence-electron chi connectivity index (χ2n) is 10.5. The molecule has 0 spiro atoms. The van der Waals surface area contributed by atoms with Crippen LogP contribution in [0.25, 0.3) is 11.4 Å². The molecule has 10 nitrogen and oxygen atoms in total. The molecule has 2 fully saturated rings. The van der Waals surface area contributed by atoms with Gasteiger partial charge >= 0.3 is 6.09 Å². The fraction of sp³-hybridized carbons (Fsp3) is 0.640. The summed E-state index contributed by atoms with van der Waals surface area (Å²) in [6.07, 6.45) is 3.00. The SMILES string of the molecule is CN(C)C(=S)[C@@H]1C[C@@H](OCc2cccc(-c3nnnn3C3CCCCO3)c2)CN1C(=O)OC(C)(C)C. The molecule has 1 amide bonds. The Hall–Kier alpha value is -2.63. The van der Waals surface area contributed by atoms with Crippen LogP contribution in [0.4, 0.5) is 4.79 Å². The van der Waals surface area contributed by atoms with E-state index in [1.165, 1.54) is 0 Å². The number of likely N-dealkylation sites (tertiary alicyclic amines) is 1. The lowest BCUT2D eigenvalue weighted by Crippen LogP contribution is -2.46. The Morgan fingerprint density at radius 2 is 2.08 bits per heavy atom. The van der Waals surface area contributed by atoms with Gasteiger partial charge in [0.25, 0.3) is 0 Å².